The minimum absolute atomic E-state index is 0.0536. The van der Waals surface area contributed by atoms with Crippen molar-refractivity contribution in [1.29, 1.82) is 0 Å². The fourth-order valence-electron chi connectivity index (χ4n) is 3.48. The summed E-state index contributed by atoms with van der Waals surface area (Å²) in [5.41, 5.74) is 1.72. The molecule has 1 aliphatic heterocycles. The van der Waals surface area contributed by atoms with E-state index >= 15 is 0 Å². The maximum atomic E-state index is 13.1. The molecule has 0 aliphatic carbocycles. The number of carbonyl (C=O) groups excluding carboxylic acids is 1. The molecule has 0 unspecified atom stereocenters. The van der Waals surface area contributed by atoms with Crippen molar-refractivity contribution in [3.8, 4) is 11.5 Å². The molecule has 1 N–H and O–H groups in total. The van der Waals surface area contributed by atoms with Crippen LogP contribution in [0.15, 0.2) is 78.9 Å². The fraction of sp³-hybridized carbons (Fsp3) is 0.208. The highest BCUT2D eigenvalue weighted by Gasteiger charge is 2.19. The number of para-hydroxylation sites is 1. The van der Waals surface area contributed by atoms with E-state index in [1.165, 1.54) is 12.1 Å². The van der Waals surface area contributed by atoms with Gasteiger partial charge in [-0.05, 0) is 48.5 Å². The highest BCUT2D eigenvalue weighted by atomic mass is 19.1. The van der Waals surface area contributed by atoms with Crippen LogP contribution in [0.4, 0.5) is 15.8 Å². The Bertz CT molecular complexity index is 971. The number of hydrogen-bond donors (Lipinski definition) is 1. The molecular formula is C24H24FN3O2. The molecule has 1 aliphatic rings. The topological polar surface area (TPSA) is 44.8 Å². The molecular weight excluding hydrogens is 381 g/mol. The van der Waals surface area contributed by atoms with Crippen LogP contribution >= 0.6 is 0 Å². The number of benzene rings is 3. The van der Waals surface area contributed by atoms with Crippen LogP contribution in [0.1, 0.15) is 0 Å². The summed E-state index contributed by atoms with van der Waals surface area (Å²) >= 11 is 0. The van der Waals surface area contributed by atoms with Crippen LogP contribution in [0.5, 0.6) is 11.5 Å². The van der Waals surface area contributed by atoms with Crippen molar-refractivity contribution in [2.24, 2.45) is 0 Å². The van der Waals surface area contributed by atoms with Crippen LogP contribution in [-0.4, -0.2) is 43.5 Å². The minimum atomic E-state index is -0.229. The van der Waals surface area contributed by atoms with Gasteiger partial charge in [0, 0.05) is 43.6 Å². The Morgan fingerprint density at radius 1 is 0.867 bits per heavy atom. The molecule has 154 valence electrons. The third-order valence-corrected chi connectivity index (χ3v) is 5.03. The molecule has 0 spiro atoms. The van der Waals surface area contributed by atoms with E-state index in [2.05, 4.69) is 15.1 Å². The van der Waals surface area contributed by atoms with Gasteiger partial charge in [-0.2, -0.15) is 0 Å². The molecule has 5 nitrogen and oxygen atoms in total. The predicted octanol–water partition coefficient (Wildman–Crippen LogP) is 4.38. The lowest BCUT2D eigenvalue weighted by molar-refractivity contribution is -0.117. The first kappa shape index (κ1) is 19.9. The minimum Gasteiger partial charge on any atom is -0.457 e. The average molecular weight is 405 g/mol. The van der Waals surface area contributed by atoms with Gasteiger partial charge < -0.3 is 15.0 Å². The Kier molecular flexibility index (Phi) is 6.25. The molecule has 1 heterocycles. The standard InChI is InChI=1S/C24H24FN3O2/c25-19-9-11-21(12-10-19)28-15-13-27(14-16-28)18-24(29)26-20-5-4-8-23(17-20)30-22-6-2-1-3-7-22/h1-12,17H,13-16,18H2,(H,26,29). The smallest absolute Gasteiger partial charge is 0.238 e. The van der Waals surface area contributed by atoms with Crippen LogP contribution in [-0.2, 0) is 4.79 Å². The number of piperazine rings is 1. The summed E-state index contributed by atoms with van der Waals surface area (Å²) in [5.74, 6) is 1.14. The molecule has 1 saturated heterocycles. The number of hydrogen-bond acceptors (Lipinski definition) is 4. The van der Waals surface area contributed by atoms with Gasteiger partial charge in [-0.1, -0.05) is 24.3 Å². The molecule has 3 aromatic carbocycles. The Labute approximate surface area is 175 Å². The number of carbonyl (C=O) groups is 1. The molecule has 0 aromatic heterocycles. The molecule has 0 radical (unpaired) electrons. The molecule has 30 heavy (non-hydrogen) atoms. The van der Waals surface area contributed by atoms with Gasteiger partial charge in [0.1, 0.15) is 17.3 Å². The van der Waals surface area contributed by atoms with Gasteiger partial charge in [-0.15, -0.1) is 0 Å². The van der Waals surface area contributed by atoms with Gasteiger partial charge in [0.2, 0.25) is 5.91 Å². The largest absolute Gasteiger partial charge is 0.457 e. The second kappa shape index (κ2) is 9.41. The lowest BCUT2D eigenvalue weighted by atomic mass is 10.2. The van der Waals surface area contributed by atoms with E-state index < -0.39 is 0 Å². The Balaban J connectivity index is 1.27. The fourth-order valence-corrected chi connectivity index (χ4v) is 3.48. The predicted molar refractivity (Wildman–Crippen MR) is 117 cm³/mol. The van der Waals surface area contributed by atoms with Crippen molar-refractivity contribution in [2.75, 3.05) is 42.9 Å². The van der Waals surface area contributed by atoms with Crippen molar-refractivity contribution >= 4 is 17.3 Å². The number of halogens is 1. The molecule has 0 bridgehead atoms. The molecule has 0 atom stereocenters. The summed E-state index contributed by atoms with van der Waals surface area (Å²) in [5, 5.41) is 2.95. The molecule has 6 heteroatoms. The number of ether oxygens (including phenoxy) is 1. The van der Waals surface area contributed by atoms with E-state index in [-0.39, 0.29) is 11.7 Å². The monoisotopic (exact) mass is 405 g/mol. The van der Waals surface area contributed by atoms with Gasteiger partial charge in [-0.3, -0.25) is 9.69 Å². The molecule has 1 amide bonds. The zero-order valence-electron chi connectivity index (χ0n) is 16.6. The summed E-state index contributed by atoms with van der Waals surface area (Å²) in [6.07, 6.45) is 0. The summed E-state index contributed by atoms with van der Waals surface area (Å²) in [7, 11) is 0. The van der Waals surface area contributed by atoms with Crippen LogP contribution in [0, 0.1) is 5.82 Å². The zero-order chi connectivity index (χ0) is 20.8. The number of rotatable bonds is 6. The first-order chi connectivity index (χ1) is 14.7. The van der Waals surface area contributed by atoms with E-state index in [1.807, 2.05) is 54.6 Å². The van der Waals surface area contributed by atoms with Crippen LogP contribution in [0.3, 0.4) is 0 Å². The first-order valence-corrected chi connectivity index (χ1v) is 10.0. The molecule has 0 saturated carbocycles. The first-order valence-electron chi connectivity index (χ1n) is 10.0. The maximum Gasteiger partial charge on any atom is 0.238 e. The van der Waals surface area contributed by atoms with Gasteiger partial charge in [0.15, 0.2) is 0 Å². The number of nitrogens with one attached hydrogen (secondary N) is 1. The quantitative estimate of drug-likeness (QED) is 0.661. The van der Waals surface area contributed by atoms with Crippen LogP contribution < -0.4 is 15.0 Å². The molecule has 3 aromatic rings. The van der Waals surface area contributed by atoms with E-state index in [1.54, 1.807) is 12.1 Å². The van der Waals surface area contributed by atoms with Gasteiger partial charge in [0.05, 0.1) is 6.54 Å². The van der Waals surface area contributed by atoms with Crippen LogP contribution in [0.25, 0.3) is 0 Å². The Morgan fingerprint density at radius 2 is 1.57 bits per heavy atom. The van der Waals surface area contributed by atoms with Gasteiger partial charge in [0.25, 0.3) is 0 Å². The third kappa shape index (κ3) is 5.36. The van der Waals surface area contributed by atoms with Gasteiger partial charge >= 0.3 is 0 Å². The lowest BCUT2D eigenvalue weighted by Gasteiger charge is -2.35. The third-order valence-electron chi connectivity index (χ3n) is 5.03. The second-order valence-corrected chi connectivity index (χ2v) is 7.23. The van der Waals surface area contributed by atoms with Crippen molar-refractivity contribution in [3.05, 3.63) is 84.7 Å². The van der Waals surface area contributed by atoms with E-state index in [4.69, 9.17) is 4.74 Å². The normalized spacial score (nSPS) is 14.4. The molecule has 4 rings (SSSR count). The molecule has 1 fully saturated rings. The van der Waals surface area contributed by atoms with Crippen molar-refractivity contribution < 1.29 is 13.9 Å². The van der Waals surface area contributed by atoms with Crippen molar-refractivity contribution in [3.63, 3.8) is 0 Å². The second-order valence-electron chi connectivity index (χ2n) is 7.23. The highest BCUT2D eigenvalue weighted by molar-refractivity contribution is 5.92. The van der Waals surface area contributed by atoms with E-state index in [0.717, 1.165) is 37.6 Å². The summed E-state index contributed by atoms with van der Waals surface area (Å²) < 4.78 is 18.9. The van der Waals surface area contributed by atoms with Crippen LogP contribution in [0.2, 0.25) is 0 Å². The lowest BCUT2D eigenvalue weighted by Crippen LogP contribution is -2.48. The van der Waals surface area contributed by atoms with Gasteiger partial charge in [-0.25, -0.2) is 4.39 Å². The number of nitrogens with zero attached hydrogens (tertiary/aromatic N) is 2. The average Bonchev–Trinajstić information content (AvgIpc) is 2.76. The zero-order valence-corrected chi connectivity index (χ0v) is 16.6. The van der Waals surface area contributed by atoms with Crippen molar-refractivity contribution in [1.82, 2.24) is 4.90 Å². The number of amides is 1. The van der Waals surface area contributed by atoms with E-state index in [0.29, 0.717) is 18.0 Å². The Hall–Kier alpha value is -3.38. The Morgan fingerprint density at radius 3 is 2.30 bits per heavy atom. The van der Waals surface area contributed by atoms with Crippen molar-refractivity contribution in [2.45, 2.75) is 0 Å². The summed E-state index contributed by atoms with van der Waals surface area (Å²) in [6, 6.07) is 23.5. The number of anilines is 2. The SMILES string of the molecule is O=C(CN1CCN(c2ccc(F)cc2)CC1)Nc1cccc(Oc2ccccc2)c1. The maximum absolute atomic E-state index is 13.1. The highest BCUT2D eigenvalue weighted by Crippen LogP contribution is 2.24. The summed E-state index contributed by atoms with van der Waals surface area (Å²) in [4.78, 5) is 16.8. The summed E-state index contributed by atoms with van der Waals surface area (Å²) in [6.45, 7) is 3.50. The van der Waals surface area contributed by atoms with E-state index in [9.17, 15) is 9.18 Å².